The number of anilines is 1. The fraction of sp³-hybridized carbons (Fsp3) is 0.500. The van der Waals surface area contributed by atoms with Crippen LogP contribution in [-0.4, -0.2) is 29.5 Å². The van der Waals surface area contributed by atoms with Crippen LogP contribution in [0.5, 0.6) is 0 Å². The van der Waals surface area contributed by atoms with Gasteiger partial charge in [-0.05, 0) is 31.5 Å². The van der Waals surface area contributed by atoms with E-state index in [-0.39, 0.29) is 5.91 Å². The van der Waals surface area contributed by atoms with Crippen LogP contribution < -0.4 is 10.2 Å². The molecule has 0 aliphatic carbocycles. The fourth-order valence-corrected chi connectivity index (χ4v) is 2.76. The molecule has 0 radical (unpaired) electrons. The molecule has 1 aromatic heterocycles. The van der Waals surface area contributed by atoms with Gasteiger partial charge < -0.3 is 10.2 Å². The third-order valence-electron chi connectivity index (χ3n) is 3.47. The van der Waals surface area contributed by atoms with Crippen molar-refractivity contribution in [2.24, 2.45) is 0 Å². The van der Waals surface area contributed by atoms with E-state index in [1.54, 1.807) is 12.4 Å². The van der Waals surface area contributed by atoms with Crippen LogP contribution in [0.15, 0.2) is 24.5 Å². The number of aromatic nitrogens is 1. The lowest BCUT2D eigenvalue weighted by Gasteiger charge is -2.31. The number of pyridine rings is 1. The number of fused-ring (bicyclic) bond motifs is 1. The summed E-state index contributed by atoms with van der Waals surface area (Å²) in [7, 11) is 0. The van der Waals surface area contributed by atoms with E-state index < -0.39 is 0 Å². The molecule has 2 aliphatic heterocycles. The number of piperidine rings is 1. The monoisotopic (exact) mass is 217 g/mol. The minimum atomic E-state index is 0.220. The molecule has 0 spiro atoms. The summed E-state index contributed by atoms with van der Waals surface area (Å²) >= 11 is 0. The Morgan fingerprint density at radius 2 is 2.44 bits per heavy atom. The largest absolute Gasteiger partial charge is 0.311 e. The van der Waals surface area contributed by atoms with Crippen molar-refractivity contribution in [3.8, 4) is 0 Å². The van der Waals surface area contributed by atoms with Gasteiger partial charge >= 0.3 is 0 Å². The summed E-state index contributed by atoms with van der Waals surface area (Å²) in [6.07, 6.45) is 6.37. The average molecular weight is 217 g/mol. The van der Waals surface area contributed by atoms with Gasteiger partial charge in [0.25, 0.3) is 0 Å². The van der Waals surface area contributed by atoms with Gasteiger partial charge in [-0.3, -0.25) is 9.78 Å². The highest BCUT2D eigenvalue weighted by atomic mass is 16.2. The number of hydrogen-bond donors (Lipinski definition) is 1. The minimum absolute atomic E-state index is 0.220. The van der Waals surface area contributed by atoms with Crippen molar-refractivity contribution < 1.29 is 4.79 Å². The van der Waals surface area contributed by atoms with Crippen molar-refractivity contribution in [3.05, 3.63) is 24.5 Å². The molecule has 1 amide bonds. The summed E-state index contributed by atoms with van der Waals surface area (Å²) in [6.45, 7) is 1.04. The van der Waals surface area contributed by atoms with Crippen LogP contribution in [0.25, 0.3) is 0 Å². The molecule has 3 rings (SSSR count). The van der Waals surface area contributed by atoms with Crippen LogP contribution in [-0.2, 0) is 4.79 Å². The summed E-state index contributed by atoms with van der Waals surface area (Å²) in [4.78, 5) is 18.0. The zero-order valence-corrected chi connectivity index (χ0v) is 9.10. The topological polar surface area (TPSA) is 45.2 Å². The van der Waals surface area contributed by atoms with Crippen LogP contribution in [0, 0.1) is 0 Å². The maximum atomic E-state index is 12.0. The highest BCUT2D eigenvalue weighted by Crippen LogP contribution is 2.30. The highest BCUT2D eigenvalue weighted by molar-refractivity contribution is 5.97. The molecule has 1 aromatic rings. The van der Waals surface area contributed by atoms with Gasteiger partial charge in [-0.2, -0.15) is 0 Å². The normalized spacial score (nSPS) is 29.2. The first kappa shape index (κ1) is 9.78. The highest BCUT2D eigenvalue weighted by Gasteiger charge is 2.41. The Bertz CT molecular complexity index is 393. The first-order valence-electron chi connectivity index (χ1n) is 5.82. The van der Waals surface area contributed by atoms with Crippen molar-refractivity contribution in [2.45, 2.75) is 31.3 Å². The number of hydrogen-bond acceptors (Lipinski definition) is 3. The van der Waals surface area contributed by atoms with Crippen molar-refractivity contribution in [1.82, 2.24) is 10.3 Å². The summed E-state index contributed by atoms with van der Waals surface area (Å²) in [6, 6.07) is 4.50. The predicted molar refractivity (Wildman–Crippen MR) is 61.2 cm³/mol. The number of nitrogens with one attached hydrogen (secondary N) is 1. The molecular formula is C12H15N3O. The van der Waals surface area contributed by atoms with Gasteiger partial charge in [0.1, 0.15) is 0 Å². The molecule has 1 N–H and O–H groups in total. The van der Waals surface area contributed by atoms with E-state index in [4.69, 9.17) is 0 Å². The molecule has 4 heteroatoms. The number of amides is 1. The lowest BCUT2D eigenvalue weighted by Crippen LogP contribution is -2.47. The molecule has 2 unspecified atom stereocenters. The van der Waals surface area contributed by atoms with Crippen molar-refractivity contribution >= 4 is 11.6 Å². The molecule has 3 heterocycles. The van der Waals surface area contributed by atoms with E-state index in [0.29, 0.717) is 18.5 Å². The smallest absolute Gasteiger partial charge is 0.228 e. The second-order valence-electron chi connectivity index (χ2n) is 4.45. The van der Waals surface area contributed by atoms with Gasteiger partial charge in [0.05, 0.1) is 17.9 Å². The third-order valence-corrected chi connectivity index (χ3v) is 3.47. The van der Waals surface area contributed by atoms with Gasteiger partial charge in [-0.15, -0.1) is 0 Å². The van der Waals surface area contributed by atoms with E-state index in [1.807, 2.05) is 17.0 Å². The lowest BCUT2D eigenvalue weighted by molar-refractivity contribution is -0.117. The fourth-order valence-electron chi connectivity index (χ4n) is 2.76. The Labute approximate surface area is 94.7 Å². The molecule has 2 saturated heterocycles. The molecule has 0 aromatic carbocycles. The predicted octanol–water partition coefficient (Wildman–Crippen LogP) is 0.939. The van der Waals surface area contributed by atoms with Crippen LogP contribution in [0.4, 0.5) is 5.69 Å². The molecule has 0 saturated carbocycles. The molecule has 16 heavy (non-hydrogen) atoms. The van der Waals surface area contributed by atoms with Gasteiger partial charge in [0.15, 0.2) is 0 Å². The molecule has 2 atom stereocenters. The Balaban J connectivity index is 1.91. The van der Waals surface area contributed by atoms with E-state index in [2.05, 4.69) is 10.3 Å². The maximum absolute atomic E-state index is 12.0. The summed E-state index contributed by atoms with van der Waals surface area (Å²) in [5.41, 5.74) is 0.934. The summed E-state index contributed by atoms with van der Waals surface area (Å²) < 4.78 is 0. The van der Waals surface area contributed by atoms with Crippen LogP contribution >= 0.6 is 0 Å². The van der Waals surface area contributed by atoms with E-state index in [0.717, 1.165) is 25.1 Å². The van der Waals surface area contributed by atoms with Gasteiger partial charge in [-0.25, -0.2) is 0 Å². The Hall–Kier alpha value is -1.42. The zero-order valence-electron chi connectivity index (χ0n) is 9.10. The van der Waals surface area contributed by atoms with Crippen molar-refractivity contribution in [2.75, 3.05) is 11.4 Å². The quantitative estimate of drug-likeness (QED) is 0.761. The second kappa shape index (κ2) is 3.87. The van der Waals surface area contributed by atoms with Gasteiger partial charge in [-0.1, -0.05) is 0 Å². The molecule has 4 nitrogen and oxygen atoms in total. The van der Waals surface area contributed by atoms with Crippen LogP contribution in [0.3, 0.4) is 0 Å². The Morgan fingerprint density at radius 3 is 3.25 bits per heavy atom. The number of nitrogens with zero attached hydrogens (tertiary/aromatic N) is 2. The van der Waals surface area contributed by atoms with Gasteiger partial charge in [0.2, 0.25) is 5.91 Å². The maximum Gasteiger partial charge on any atom is 0.228 e. The summed E-state index contributed by atoms with van der Waals surface area (Å²) in [5, 5.41) is 3.43. The van der Waals surface area contributed by atoms with E-state index >= 15 is 0 Å². The standard InChI is InChI=1S/C12H15N3O/c16-12-7-10-11(4-2-6-14-10)15(12)9-3-1-5-13-8-9/h1,3,5,8,10-11,14H,2,4,6-7H2. The molecule has 2 aliphatic rings. The Morgan fingerprint density at radius 1 is 1.50 bits per heavy atom. The zero-order chi connectivity index (χ0) is 11.0. The first-order chi connectivity index (χ1) is 7.86. The first-order valence-corrected chi connectivity index (χ1v) is 5.82. The molecule has 0 bridgehead atoms. The summed E-state index contributed by atoms with van der Waals surface area (Å²) in [5.74, 6) is 0.220. The van der Waals surface area contributed by atoms with Crippen LogP contribution in [0.1, 0.15) is 19.3 Å². The number of carbonyl (C=O) groups is 1. The Kier molecular flexibility index (Phi) is 2.36. The second-order valence-corrected chi connectivity index (χ2v) is 4.45. The molecular weight excluding hydrogens is 202 g/mol. The van der Waals surface area contributed by atoms with E-state index in [9.17, 15) is 4.79 Å². The average Bonchev–Trinajstić information content (AvgIpc) is 2.66. The molecule has 84 valence electrons. The van der Waals surface area contributed by atoms with Crippen LogP contribution in [0.2, 0.25) is 0 Å². The number of carbonyl (C=O) groups excluding carboxylic acids is 1. The third kappa shape index (κ3) is 1.50. The minimum Gasteiger partial charge on any atom is -0.311 e. The molecule has 2 fully saturated rings. The lowest BCUT2D eigenvalue weighted by atomic mass is 9.99. The van der Waals surface area contributed by atoms with Gasteiger partial charge in [0, 0.05) is 18.7 Å². The van der Waals surface area contributed by atoms with E-state index in [1.165, 1.54) is 0 Å². The van der Waals surface area contributed by atoms with Crippen molar-refractivity contribution in [3.63, 3.8) is 0 Å². The number of rotatable bonds is 1. The van der Waals surface area contributed by atoms with Crippen molar-refractivity contribution in [1.29, 1.82) is 0 Å². The SMILES string of the molecule is O=C1CC2NCCCC2N1c1cccnc1.